The predicted octanol–water partition coefficient (Wildman–Crippen LogP) is 1.14. The monoisotopic (exact) mass is 217 g/mol. The maximum atomic E-state index is 11.3. The number of nitrogens with one attached hydrogen (secondary N) is 1. The van der Waals surface area contributed by atoms with Crippen molar-refractivity contribution in [3.8, 4) is 0 Å². The molecule has 0 radical (unpaired) electrons. The number of rotatable bonds is 5. The van der Waals surface area contributed by atoms with Crippen LogP contribution in [0.4, 0.5) is 0 Å². The summed E-state index contributed by atoms with van der Waals surface area (Å²) in [6, 6.07) is 0. The molecule has 0 aromatic rings. The first-order valence-corrected chi connectivity index (χ1v) is 6.08. The maximum absolute atomic E-state index is 11.3. The van der Waals surface area contributed by atoms with Crippen LogP contribution in [0.3, 0.4) is 0 Å². The highest BCUT2D eigenvalue weighted by molar-refractivity contribution is 7.99. The Hall–Kier alpha value is -0.220. The molecule has 1 aliphatic heterocycles. The summed E-state index contributed by atoms with van der Waals surface area (Å²) in [7, 11) is 1.45. The van der Waals surface area contributed by atoms with E-state index in [-0.39, 0.29) is 11.4 Å². The molecule has 0 aromatic heterocycles. The zero-order valence-corrected chi connectivity index (χ0v) is 9.95. The van der Waals surface area contributed by atoms with Gasteiger partial charge in [0, 0.05) is 5.75 Å². The molecule has 0 atom stereocenters. The lowest BCUT2D eigenvalue weighted by atomic mass is 9.97. The number of thioether (sulfide) groups is 1. The lowest BCUT2D eigenvalue weighted by Gasteiger charge is -2.28. The molecular formula is C10H19NO2S. The largest absolute Gasteiger partial charge is 0.469 e. The molecule has 1 saturated heterocycles. The molecule has 0 bridgehead atoms. The van der Waals surface area contributed by atoms with Gasteiger partial charge in [0.2, 0.25) is 0 Å². The van der Waals surface area contributed by atoms with Crippen molar-refractivity contribution in [1.82, 2.24) is 5.32 Å². The van der Waals surface area contributed by atoms with Crippen LogP contribution in [-0.2, 0) is 9.53 Å². The van der Waals surface area contributed by atoms with E-state index in [1.54, 1.807) is 0 Å². The van der Waals surface area contributed by atoms with E-state index in [1.165, 1.54) is 7.11 Å². The first-order valence-electron chi connectivity index (χ1n) is 4.93. The van der Waals surface area contributed by atoms with Crippen LogP contribution < -0.4 is 5.32 Å². The molecule has 4 heteroatoms. The Morgan fingerprint density at radius 1 is 1.57 bits per heavy atom. The molecule has 3 nitrogen and oxygen atoms in total. The molecule has 0 saturated carbocycles. The minimum atomic E-state index is -0.351. The zero-order valence-electron chi connectivity index (χ0n) is 9.13. The summed E-state index contributed by atoms with van der Waals surface area (Å²) in [5.41, 5.74) is -0.351. The molecule has 1 heterocycles. The number of methoxy groups -OCH3 is 1. The minimum absolute atomic E-state index is 0.114. The molecular weight excluding hydrogens is 198 g/mol. The van der Waals surface area contributed by atoms with Crippen molar-refractivity contribution in [2.24, 2.45) is 11.3 Å². The fourth-order valence-corrected chi connectivity index (χ4v) is 2.60. The molecule has 0 aromatic carbocycles. The summed E-state index contributed by atoms with van der Waals surface area (Å²) in [6.07, 6.45) is 0. The second kappa shape index (κ2) is 5.03. The zero-order chi connectivity index (χ0) is 10.6. The molecule has 1 aliphatic rings. The van der Waals surface area contributed by atoms with Gasteiger partial charge in [-0.15, -0.1) is 0 Å². The highest BCUT2D eigenvalue weighted by Gasteiger charge is 2.29. The third-order valence-electron chi connectivity index (χ3n) is 2.42. The summed E-state index contributed by atoms with van der Waals surface area (Å²) in [6.45, 7) is 6.13. The predicted molar refractivity (Wildman–Crippen MR) is 59.5 cm³/mol. The minimum Gasteiger partial charge on any atom is -0.469 e. The van der Waals surface area contributed by atoms with E-state index >= 15 is 0 Å². The van der Waals surface area contributed by atoms with Crippen molar-refractivity contribution in [1.29, 1.82) is 0 Å². The summed E-state index contributed by atoms with van der Waals surface area (Å²) < 4.78 is 4.75. The topological polar surface area (TPSA) is 38.3 Å². The van der Waals surface area contributed by atoms with E-state index in [1.807, 2.05) is 25.6 Å². The number of hydrogen-bond donors (Lipinski definition) is 1. The van der Waals surface area contributed by atoms with Crippen molar-refractivity contribution in [2.75, 3.05) is 31.7 Å². The van der Waals surface area contributed by atoms with Gasteiger partial charge in [-0.3, -0.25) is 4.79 Å². The lowest BCUT2D eigenvalue weighted by molar-refractivity contribution is -0.149. The van der Waals surface area contributed by atoms with Crippen LogP contribution >= 0.6 is 11.8 Å². The Labute approximate surface area is 90.0 Å². The highest BCUT2D eigenvalue weighted by atomic mass is 32.2. The first kappa shape index (κ1) is 11.9. The Morgan fingerprint density at radius 3 is 2.64 bits per heavy atom. The van der Waals surface area contributed by atoms with Crippen LogP contribution in [0.2, 0.25) is 0 Å². The molecule has 0 amide bonds. The Kier molecular flexibility index (Phi) is 4.26. The average Bonchev–Trinajstić information content (AvgIpc) is 2.08. The van der Waals surface area contributed by atoms with Crippen molar-refractivity contribution in [2.45, 2.75) is 13.8 Å². The third-order valence-corrected chi connectivity index (χ3v) is 4.05. The summed E-state index contributed by atoms with van der Waals surface area (Å²) in [5.74, 6) is 2.68. The van der Waals surface area contributed by atoms with E-state index in [0.29, 0.717) is 0 Å². The van der Waals surface area contributed by atoms with E-state index in [4.69, 9.17) is 4.74 Å². The summed E-state index contributed by atoms with van der Waals surface area (Å²) >= 11 is 1.85. The normalized spacial score (nSPS) is 17.6. The number of esters is 1. The highest BCUT2D eigenvalue weighted by Crippen LogP contribution is 2.25. The van der Waals surface area contributed by atoms with Crippen molar-refractivity contribution >= 4 is 17.7 Å². The number of hydrogen-bond acceptors (Lipinski definition) is 4. The van der Waals surface area contributed by atoms with Gasteiger partial charge in [0.05, 0.1) is 12.5 Å². The quantitative estimate of drug-likeness (QED) is 0.701. The number of carbonyl (C=O) groups is 1. The van der Waals surface area contributed by atoms with Crippen molar-refractivity contribution < 1.29 is 9.53 Å². The van der Waals surface area contributed by atoms with E-state index < -0.39 is 0 Å². The van der Waals surface area contributed by atoms with Crippen LogP contribution in [-0.4, -0.2) is 37.7 Å². The SMILES string of the molecule is COC(=O)C(C)(C)CSCC1CNC1. The van der Waals surface area contributed by atoms with Gasteiger partial charge in [0.1, 0.15) is 0 Å². The summed E-state index contributed by atoms with van der Waals surface area (Å²) in [4.78, 5) is 11.3. The van der Waals surface area contributed by atoms with E-state index in [2.05, 4.69) is 5.32 Å². The Bertz CT molecular complexity index is 202. The fourth-order valence-electron chi connectivity index (χ4n) is 1.28. The summed E-state index contributed by atoms with van der Waals surface area (Å²) in [5, 5.41) is 3.24. The molecule has 0 spiro atoms. The molecule has 1 rings (SSSR count). The van der Waals surface area contributed by atoms with Crippen LogP contribution in [0.5, 0.6) is 0 Å². The van der Waals surface area contributed by atoms with Gasteiger partial charge in [0.25, 0.3) is 0 Å². The Morgan fingerprint density at radius 2 is 2.21 bits per heavy atom. The molecule has 1 fully saturated rings. The molecule has 0 aliphatic carbocycles. The van der Waals surface area contributed by atoms with Gasteiger partial charge in [0.15, 0.2) is 0 Å². The fraction of sp³-hybridized carbons (Fsp3) is 0.900. The van der Waals surface area contributed by atoms with Gasteiger partial charge in [-0.1, -0.05) is 0 Å². The molecule has 0 unspecified atom stereocenters. The van der Waals surface area contributed by atoms with Crippen LogP contribution in [0, 0.1) is 11.3 Å². The Balaban J connectivity index is 2.17. The van der Waals surface area contributed by atoms with E-state index in [9.17, 15) is 4.79 Å². The molecule has 14 heavy (non-hydrogen) atoms. The number of ether oxygens (including phenoxy) is 1. The van der Waals surface area contributed by atoms with Crippen molar-refractivity contribution in [3.63, 3.8) is 0 Å². The molecule has 82 valence electrons. The van der Waals surface area contributed by atoms with E-state index in [0.717, 1.165) is 30.5 Å². The van der Waals surface area contributed by atoms with Gasteiger partial charge in [-0.05, 0) is 38.6 Å². The second-order valence-corrected chi connectivity index (χ2v) is 5.45. The van der Waals surface area contributed by atoms with Gasteiger partial charge >= 0.3 is 5.97 Å². The average molecular weight is 217 g/mol. The van der Waals surface area contributed by atoms with Crippen LogP contribution in [0.25, 0.3) is 0 Å². The smallest absolute Gasteiger partial charge is 0.312 e. The van der Waals surface area contributed by atoms with Gasteiger partial charge in [-0.25, -0.2) is 0 Å². The van der Waals surface area contributed by atoms with Crippen molar-refractivity contribution in [3.05, 3.63) is 0 Å². The first-order chi connectivity index (χ1) is 6.56. The van der Waals surface area contributed by atoms with Gasteiger partial charge in [-0.2, -0.15) is 11.8 Å². The standard InChI is InChI=1S/C10H19NO2S/c1-10(2,9(12)13-3)7-14-6-8-4-11-5-8/h8,11H,4-7H2,1-3H3. The third kappa shape index (κ3) is 3.17. The van der Waals surface area contributed by atoms with Gasteiger partial charge < -0.3 is 10.1 Å². The number of carbonyl (C=O) groups excluding carboxylic acids is 1. The second-order valence-electron chi connectivity index (χ2n) is 4.41. The molecule has 1 N–H and O–H groups in total. The maximum Gasteiger partial charge on any atom is 0.312 e. The van der Waals surface area contributed by atoms with Crippen LogP contribution in [0.15, 0.2) is 0 Å². The lowest BCUT2D eigenvalue weighted by Crippen LogP contribution is -2.43. The van der Waals surface area contributed by atoms with Crippen LogP contribution in [0.1, 0.15) is 13.8 Å².